The zero-order valence-corrected chi connectivity index (χ0v) is 14.8. The van der Waals surface area contributed by atoms with Crippen molar-refractivity contribution in [2.45, 2.75) is 32.6 Å². The average Bonchev–Trinajstić information content (AvgIpc) is 2.84. The van der Waals surface area contributed by atoms with Crippen molar-refractivity contribution < 1.29 is 22.7 Å². The largest absolute Gasteiger partial charge is 0.456 e. The molecule has 1 atom stereocenters. The van der Waals surface area contributed by atoms with Crippen LogP contribution in [0, 0.1) is 5.92 Å². The summed E-state index contributed by atoms with van der Waals surface area (Å²) in [6.45, 7) is 3.69. The highest BCUT2D eigenvalue weighted by atomic mass is 32.2. The van der Waals surface area contributed by atoms with Gasteiger partial charge in [0, 0.05) is 12.1 Å². The van der Waals surface area contributed by atoms with E-state index >= 15 is 0 Å². The Morgan fingerprint density at radius 1 is 1.29 bits per heavy atom. The zero-order valence-electron chi connectivity index (χ0n) is 13.9. The molecule has 0 radical (unpaired) electrons. The van der Waals surface area contributed by atoms with Crippen LogP contribution in [-0.4, -0.2) is 38.4 Å². The highest BCUT2D eigenvalue weighted by molar-refractivity contribution is 7.91. The second-order valence-electron chi connectivity index (χ2n) is 6.42. The second kappa shape index (κ2) is 7.79. The van der Waals surface area contributed by atoms with Gasteiger partial charge in [-0.05, 0) is 29.9 Å². The van der Waals surface area contributed by atoms with Crippen LogP contribution in [0.4, 0.5) is 5.69 Å². The van der Waals surface area contributed by atoms with Crippen molar-refractivity contribution in [3.05, 3.63) is 29.8 Å². The molecule has 0 bridgehead atoms. The number of para-hydroxylation sites is 1. The van der Waals surface area contributed by atoms with Gasteiger partial charge in [-0.1, -0.05) is 32.0 Å². The third kappa shape index (κ3) is 5.33. The molecule has 132 valence electrons. The van der Waals surface area contributed by atoms with Gasteiger partial charge in [-0.2, -0.15) is 0 Å². The molecule has 0 aliphatic carbocycles. The maximum atomic E-state index is 11.9. The van der Waals surface area contributed by atoms with Crippen LogP contribution in [0.15, 0.2) is 24.3 Å². The Morgan fingerprint density at radius 3 is 2.62 bits per heavy atom. The summed E-state index contributed by atoms with van der Waals surface area (Å²) in [5.74, 6) is -0.742. The fraction of sp³-hybridized carbons (Fsp3) is 0.529. The Bertz CT molecular complexity index is 711. The van der Waals surface area contributed by atoms with E-state index < -0.39 is 21.7 Å². The van der Waals surface area contributed by atoms with E-state index in [0.717, 1.165) is 5.56 Å². The lowest BCUT2D eigenvalue weighted by Crippen LogP contribution is -2.22. The van der Waals surface area contributed by atoms with E-state index in [1.54, 1.807) is 6.07 Å². The van der Waals surface area contributed by atoms with Crippen molar-refractivity contribution in [1.82, 2.24) is 0 Å². The first-order valence-electron chi connectivity index (χ1n) is 8.01. The van der Waals surface area contributed by atoms with Gasteiger partial charge in [0.05, 0.1) is 11.5 Å². The Balaban J connectivity index is 1.80. The predicted octanol–water partition coefficient (Wildman–Crippen LogP) is 2.12. The molecule has 1 N–H and O–H groups in total. The van der Waals surface area contributed by atoms with E-state index in [1.807, 2.05) is 32.0 Å². The Hall–Kier alpha value is -1.89. The summed E-state index contributed by atoms with van der Waals surface area (Å²) in [6, 6.07) is 7.47. The third-order valence-corrected chi connectivity index (χ3v) is 5.84. The molecule has 0 spiro atoms. The molecule has 1 aliphatic heterocycles. The Morgan fingerprint density at radius 2 is 2.00 bits per heavy atom. The number of ether oxygens (including phenoxy) is 1. The molecule has 1 fully saturated rings. The number of anilines is 1. The number of esters is 1. The van der Waals surface area contributed by atoms with E-state index in [1.165, 1.54) is 0 Å². The van der Waals surface area contributed by atoms with Crippen LogP contribution in [0.5, 0.6) is 0 Å². The van der Waals surface area contributed by atoms with Gasteiger partial charge < -0.3 is 10.1 Å². The van der Waals surface area contributed by atoms with Crippen molar-refractivity contribution in [3.8, 4) is 0 Å². The zero-order chi connectivity index (χ0) is 17.7. The van der Waals surface area contributed by atoms with Crippen LogP contribution in [0.25, 0.3) is 0 Å². The molecule has 24 heavy (non-hydrogen) atoms. The van der Waals surface area contributed by atoms with E-state index in [-0.39, 0.29) is 36.4 Å². The molecular formula is C17H23NO5S. The number of hydrogen-bond donors (Lipinski definition) is 1. The molecule has 0 aromatic heterocycles. The smallest absolute Gasteiger partial charge is 0.306 e. The molecule has 6 nitrogen and oxygen atoms in total. The molecule has 1 aliphatic rings. The van der Waals surface area contributed by atoms with Gasteiger partial charge in [-0.25, -0.2) is 8.42 Å². The standard InChI is InChI=1S/C17H23NO5S/c1-12(2)14-5-3-4-6-15(14)18-16(19)10-23-17(20)9-13-7-8-24(21,22)11-13/h3-6,12-13H,7-11H2,1-2H3,(H,18,19)/t13-/m0/s1. The number of hydrogen-bond acceptors (Lipinski definition) is 5. The highest BCUT2D eigenvalue weighted by Crippen LogP contribution is 2.24. The van der Waals surface area contributed by atoms with E-state index in [9.17, 15) is 18.0 Å². The van der Waals surface area contributed by atoms with Gasteiger partial charge >= 0.3 is 5.97 Å². The summed E-state index contributed by atoms with van der Waals surface area (Å²) in [4.78, 5) is 23.7. The quantitative estimate of drug-likeness (QED) is 0.791. The normalized spacial score (nSPS) is 19.2. The number of carbonyl (C=O) groups excluding carboxylic acids is 2. The number of carbonyl (C=O) groups is 2. The fourth-order valence-corrected chi connectivity index (χ4v) is 4.64. The second-order valence-corrected chi connectivity index (χ2v) is 8.65. The van der Waals surface area contributed by atoms with Crippen LogP contribution < -0.4 is 5.32 Å². The van der Waals surface area contributed by atoms with Crippen LogP contribution in [0.1, 0.15) is 38.2 Å². The maximum Gasteiger partial charge on any atom is 0.306 e. The van der Waals surface area contributed by atoms with Gasteiger partial charge in [0.15, 0.2) is 16.4 Å². The highest BCUT2D eigenvalue weighted by Gasteiger charge is 2.30. The Kier molecular flexibility index (Phi) is 5.99. The first kappa shape index (κ1) is 18.4. The van der Waals surface area contributed by atoms with Gasteiger partial charge in [-0.15, -0.1) is 0 Å². The van der Waals surface area contributed by atoms with Gasteiger partial charge in [0.2, 0.25) is 0 Å². The number of rotatable bonds is 6. The lowest BCUT2D eigenvalue weighted by molar-refractivity contribution is -0.148. The molecule has 1 saturated heterocycles. The van der Waals surface area contributed by atoms with Crippen LogP contribution in [0.3, 0.4) is 0 Å². The summed E-state index contributed by atoms with van der Waals surface area (Å²) in [5.41, 5.74) is 1.71. The minimum absolute atomic E-state index is 0.0239. The molecule has 0 saturated carbocycles. The summed E-state index contributed by atoms with van der Waals surface area (Å²) < 4.78 is 27.7. The molecule has 1 heterocycles. The SMILES string of the molecule is CC(C)c1ccccc1NC(=O)COC(=O)C[C@@H]1CCS(=O)(=O)C1. The third-order valence-electron chi connectivity index (χ3n) is 4.00. The minimum atomic E-state index is -3.01. The maximum absolute atomic E-state index is 11.9. The van der Waals surface area contributed by atoms with E-state index in [4.69, 9.17) is 4.74 Å². The van der Waals surface area contributed by atoms with E-state index in [0.29, 0.717) is 12.1 Å². The number of nitrogens with one attached hydrogen (secondary N) is 1. The van der Waals surface area contributed by atoms with Crippen molar-refractivity contribution in [3.63, 3.8) is 0 Å². The Labute approximate surface area is 142 Å². The average molecular weight is 353 g/mol. The van der Waals surface area contributed by atoms with E-state index in [2.05, 4.69) is 5.32 Å². The van der Waals surface area contributed by atoms with Crippen molar-refractivity contribution in [2.24, 2.45) is 5.92 Å². The van der Waals surface area contributed by atoms with Crippen molar-refractivity contribution in [1.29, 1.82) is 0 Å². The van der Waals surface area contributed by atoms with Crippen molar-refractivity contribution in [2.75, 3.05) is 23.4 Å². The number of sulfone groups is 1. The predicted molar refractivity (Wildman–Crippen MR) is 91.5 cm³/mol. The lowest BCUT2D eigenvalue weighted by Gasteiger charge is -2.14. The van der Waals surface area contributed by atoms with Crippen molar-refractivity contribution >= 4 is 27.4 Å². The fourth-order valence-electron chi connectivity index (χ4n) is 2.77. The van der Waals surface area contributed by atoms with Gasteiger partial charge in [0.25, 0.3) is 5.91 Å². The first-order chi connectivity index (χ1) is 11.3. The molecule has 7 heteroatoms. The number of benzene rings is 1. The molecule has 0 unspecified atom stereocenters. The molecule has 1 aromatic rings. The van der Waals surface area contributed by atoms with Crippen LogP contribution in [0.2, 0.25) is 0 Å². The summed E-state index contributed by atoms with van der Waals surface area (Å²) in [5, 5.41) is 2.74. The molecule has 1 aromatic carbocycles. The topological polar surface area (TPSA) is 89.5 Å². The monoisotopic (exact) mass is 353 g/mol. The first-order valence-corrected chi connectivity index (χ1v) is 9.84. The molecular weight excluding hydrogens is 330 g/mol. The lowest BCUT2D eigenvalue weighted by atomic mass is 10.0. The molecule has 1 amide bonds. The minimum Gasteiger partial charge on any atom is -0.456 e. The summed E-state index contributed by atoms with van der Waals surface area (Å²) in [7, 11) is -3.01. The number of amides is 1. The van der Waals surface area contributed by atoms with Gasteiger partial charge in [0.1, 0.15) is 0 Å². The van der Waals surface area contributed by atoms with Crippen LogP contribution in [-0.2, 0) is 24.2 Å². The summed E-state index contributed by atoms with van der Waals surface area (Å²) >= 11 is 0. The van der Waals surface area contributed by atoms with Gasteiger partial charge in [-0.3, -0.25) is 9.59 Å². The van der Waals surface area contributed by atoms with Crippen LogP contribution >= 0.6 is 0 Å². The molecule has 2 rings (SSSR count). The summed E-state index contributed by atoms with van der Waals surface area (Å²) in [6.07, 6.45) is 0.514.